The van der Waals surface area contributed by atoms with Crippen LogP contribution < -0.4 is 10.6 Å². The first-order valence-corrected chi connectivity index (χ1v) is 7.00. The van der Waals surface area contributed by atoms with Gasteiger partial charge in [-0.25, -0.2) is 0 Å². The zero-order valence-corrected chi connectivity index (χ0v) is 10.9. The number of hydrogen-bond acceptors (Lipinski definition) is 3. The maximum atomic E-state index is 11.8. The molecule has 0 spiro atoms. The largest absolute Gasteiger partial charge is 0.355 e. The fraction of sp³-hybridized carbons (Fsp3) is 0.846. The van der Waals surface area contributed by atoms with Crippen LogP contribution in [-0.4, -0.2) is 49.4 Å². The topological polar surface area (TPSA) is 61.4 Å². The van der Waals surface area contributed by atoms with Gasteiger partial charge < -0.3 is 10.6 Å². The molecule has 0 aromatic carbocycles. The Morgan fingerprint density at radius 3 is 2.83 bits per heavy atom. The van der Waals surface area contributed by atoms with Gasteiger partial charge in [0.1, 0.15) is 0 Å². The van der Waals surface area contributed by atoms with E-state index < -0.39 is 0 Å². The van der Waals surface area contributed by atoms with Crippen molar-refractivity contribution in [3.63, 3.8) is 0 Å². The van der Waals surface area contributed by atoms with Crippen molar-refractivity contribution in [1.29, 1.82) is 0 Å². The van der Waals surface area contributed by atoms with Crippen molar-refractivity contribution in [3.05, 3.63) is 0 Å². The first kappa shape index (κ1) is 13.3. The molecule has 0 aromatic heterocycles. The second-order valence-electron chi connectivity index (χ2n) is 5.37. The molecule has 1 heterocycles. The molecule has 2 fully saturated rings. The van der Waals surface area contributed by atoms with Crippen molar-refractivity contribution in [1.82, 2.24) is 15.5 Å². The van der Waals surface area contributed by atoms with Crippen LogP contribution in [0.1, 0.15) is 32.1 Å². The summed E-state index contributed by atoms with van der Waals surface area (Å²) in [5, 5.41) is 5.76. The van der Waals surface area contributed by atoms with Gasteiger partial charge in [0.2, 0.25) is 11.8 Å². The third kappa shape index (κ3) is 4.29. The predicted molar refractivity (Wildman–Crippen MR) is 69.0 cm³/mol. The van der Waals surface area contributed by atoms with Gasteiger partial charge in [-0.1, -0.05) is 19.3 Å². The normalized spacial score (nSPS) is 22.6. The Balaban J connectivity index is 1.63. The molecule has 2 aliphatic rings. The second kappa shape index (κ2) is 6.73. The monoisotopic (exact) mass is 253 g/mol. The zero-order chi connectivity index (χ0) is 12.8. The molecule has 1 aliphatic carbocycles. The maximum absolute atomic E-state index is 11.8. The van der Waals surface area contributed by atoms with E-state index in [1.54, 1.807) is 0 Å². The van der Waals surface area contributed by atoms with Crippen LogP contribution in [-0.2, 0) is 9.59 Å². The molecule has 102 valence electrons. The highest BCUT2D eigenvalue weighted by Crippen LogP contribution is 2.22. The summed E-state index contributed by atoms with van der Waals surface area (Å²) in [5.74, 6) is 0.726. The Hall–Kier alpha value is -1.10. The number of amides is 2. The second-order valence-corrected chi connectivity index (χ2v) is 5.37. The average molecular weight is 253 g/mol. The van der Waals surface area contributed by atoms with Gasteiger partial charge >= 0.3 is 0 Å². The number of nitrogens with zero attached hydrogens (tertiary/aromatic N) is 1. The molecule has 0 radical (unpaired) electrons. The Morgan fingerprint density at radius 1 is 1.33 bits per heavy atom. The Morgan fingerprint density at radius 2 is 2.11 bits per heavy atom. The molecule has 5 heteroatoms. The van der Waals surface area contributed by atoms with Gasteiger partial charge in [0.15, 0.2) is 0 Å². The third-order valence-electron chi connectivity index (χ3n) is 3.80. The van der Waals surface area contributed by atoms with Crippen molar-refractivity contribution >= 4 is 11.8 Å². The van der Waals surface area contributed by atoms with E-state index in [0.29, 0.717) is 25.6 Å². The maximum Gasteiger partial charge on any atom is 0.234 e. The van der Waals surface area contributed by atoms with E-state index in [0.717, 1.165) is 13.1 Å². The molecule has 1 aliphatic heterocycles. The van der Waals surface area contributed by atoms with E-state index in [-0.39, 0.29) is 11.8 Å². The fourth-order valence-corrected chi connectivity index (χ4v) is 2.73. The fourth-order valence-electron chi connectivity index (χ4n) is 2.73. The Bertz CT molecular complexity index is 301. The van der Waals surface area contributed by atoms with E-state index in [9.17, 15) is 9.59 Å². The van der Waals surface area contributed by atoms with E-state index >= 15 is 0 Å². The summed E-state index contributed by atoms with van der Waals surface area (Å²) in [7, 11) is 0. The van der Waals surface area contributed by atoms with Crippen LogP contribution in [0.25, 0.3) is 0 Å². The molecule has 2 rings (SSSR count). The van der Waals surface area contributed by atoms with Gasteiger partial charge in [0, 0.05) is 19.6 Å². The first-order chi connectivity index (χ1) is 8.74. The van der Waals surface area contributed by atoms with Crippen molar-refractivity contribution in [2.24, 2.45) is 5.92 Å². The summed E-state index contributed by atoms with van der Waals surface area (Å²) in [6.45, 7) is 2.91. The number of hydrogen-bond donors (Lipinski definition) is 2. The van der Waals surface area contributed by atoms with Crippen molar-refractivity contribution in [2.75, 3.05) is 32.7 Å². The van der Waals surface area contributed by atoms with Gasteiger partial charge in [-0.2, -0.15) is 0 Å². The van der Waals surface area contributed by atoms with Crippen LogP contribution in [0.15, 0.2) is 0 Å². The van der Waals surface area contributed by atoms with Crippen molar-refractivity contribution < 1.29 is 9.59 Å². The zero-order valence-electron chi connectivity index (χ0n) is 10.9. The van der Waals surface area contributed by atoms with Crippen LogP contribution in [0.5, 0.6) is 0 Å². The molecule has 18 heavy (non-hydrogen) atoms. The minimum atomic E-state index is 0.0151. The molecule has 1 saturated heterocycles. The van der Waals surface area contributed by atoms with E-state index in [1.165, 1.54) is 32.1 Å². The summed E-state index contributed by atoms with van der Waals surface area (Å²) >= 11 is 0. The molecule has 1 saturated carbocycles. The number of nitrogens with one attached hydrogen (secondary N) is 2. The summed E-state index contributed by atoms with van der Waals surface area (Å²) in [6.07, 6.45) is 6.42. The molecule has 5 nitrogen and oxygen atoms in total. The molecule has 0 aromatic rings. The van der Waals surface area contributed by atoms with Crippen LogP contribution in [0.4, 0.5) is 0 Å². The minimum absolute atomic E-state index is 0.0151. The smallest absolute Gasteiger partial charge is 0.234 e. The van der Waals surface area contributed by atoms with Gasteiger partial charge in [0.05, 0.1) is 13.1 Å². The summed E-state index contributed by atoms with van der Waals surface area (Å²) < 4.78 is 0. The van der Waals surface area contributed by atoms with Crippen LogP contribution in [0.3, 0.4) is 0 Å². The highest BCUT2D eigenvalue weighted by molar-refractivity contribution is 5.81. The lowest BCUT2D eigenvalue weighted by atomic mass is 9.89. The molecule has 2 amide bonds. The molecular formula is C13H23N3O2. The highest BCUT2D eigenvalue weighted by atomic mass is 16.2. The van der Waals surface area contributed by atoms with Gasteiger partial charge in [0.25, 0.3) is 0 Å². The molecule has 0 unspecified atom stereocenters. The van der Waals surface area contributed by atoms with Crippen LogP contribution in [0, 0.1) is 5.92 Å². The SMILES string of the molecule is O=C1CN(CC(=O)NCC2CCCCC2)CCN1. The first-order valence-electron chi connectivity index (χ1n) is 7.00. The van der Waals surface area contributed by atoms with Crippen LogP contribution in [0.2, 0.25) is 0 Å². The highest BCUT2D eigenvalue weighted by Gasteiger charge is 2.19. The van der Waals surface area contributed by atoms with E-state index in [2.05, 4.69) is 10.6 Å². The summed E-state index contributed by atoms with van der Waals surface area (Å²) in [4.78, 5) is 24.8. The molecule has 0 atom stereocenters. The molecule has 0 bridgehead atoms. The predicted octanol–water partition coefficient (Wildman–Crippen LogP) is 0.115. The average Bonchev–Trinajstić information content (AvgIpc) is 2.38. The van der Waals surface area contributed by atoms with Gasteiger partial charge in [-0.15, -0.1) is 0 Å². The molecular weight excluding hydrogens is 230 g/mol. The third-order valence-corrected chi connectivity index (χ3v) is 3.80. The van der Waals surface area contributed by atoms with Crippen LogP contribution >= 0.6 is 0 Å². The van der Waals surface area contributed by atoms with Gasteiger partial charge in [-0.05, 0) is 18.8 Å². The quantitative estimate of drug-likeness (QED) is 0.748. The Labute approximate surface area is 108 Å². The standard InChI is InChI=1S/C13H23N3O2/c17-12-9-16(7-6-14-12)10-13(18)15-8-11-4-2-1-3-5-11/h11H,1-10H2,(H,14,17)(H,15,18). The molecule has 2 N–H and O–H groups in total. The Kier molecular flexibility index (Phi) is 4.99. The lowest BCUT2D eigenvalue weighted by Gasteiger charge is -2.26. The minimum Gasteiger partial charge on any atom is -0.355 e. The lowest BCUT2D eigenvalue weighted by molar-refractivity contribution is -0.127. The number of rotatable bonds is 4. The van der Waals surface area contributed by atoms with E-state index in [4.69, 9.17) is 0 Å². The number of carbonyl (C=O) groups is 2. The van der Waals surface area contributed by atoms with Gasteiger partial charge in [-0.3, -0.25) is 14.5 Å². The number of piperazine rings is 1. The number of carbonyl (C=O) groups excluding carboxylic acids is 2. The van der Waals surface area contributed by atoms with E-state index in [1.807, 2.05) is 4.90 Å². The summed E-state index contributed by atoms with van der Waals surface area (Å²) in [6, 6.07) is 0. The summed E-state index contributed by atoms with van der Waals surface area (Å²) in [5.41, 5.74) is 0. The van der Waals surface area contributed by atoms with Crippen molar-refractivity contribution in [3.8, 4) is 0 Å². The lowest BCUT2D eigenvalue weighted by Crippen LogP contribution is -2.50. The van der Waals surface area contributed by atoms with Crippen molar-refractivity contribution in [2.45, 2.75) is 32.1 Å².